The number of nitrogens with one attached hydrogen (secondary N) is 1. The van der Waals surface area contributed by atoms with Crippen molar-refractivity contribution in [1.82, 2.24) is 15.3 Å². The van der Waals surface area contributed by atoms with E-state index >= 15 is 0 Å². The van der Waals surface area contributed by atoms with Gasteiger partial charge < -0.3 is 5.32 Å². The average Bonchev–Trinajstić information content (AvgIpc) is 2.54. The fourth-order valence-electron chi connectivity index (χ4n) is 2.32. The maximum atomic E-state index is 12.0. The third kappa shape index (κ3) is 3.28. The highest BCUT2D eigenvalue weighted by Crippen LogP contribution is 2.12. The second-order valence-electron chi connectivity index (χ2n) is 5.18. The van der Waals surface area contributed by atoms with Crippen molar-refractivity contribution >= 4 is 16.9 Å². The molecule has 0 aliphatic rings. The molecule has 2 aromatic carbocycles. The van der Waals surface area contributed by atoms with Crippen molar-refractivity contribution < 1.29 is 4.79 Å². The molecule has 4 nitrogen and oxygen atoms in total. The first kappa shape index (κ1) is 14.2. The number of rotatable bonds is 4. The molecule has 1 heterocycles. The zero-order valence-electron chi connectivity index (χ0n) is 12.4. The van der Waals surface area contributed by atoms with Gasteiger partial charge in [0.05, 0.1) is 35.4 Å². The molecule has 0 bridgehead atoms. The Bertz CT molecular complexity index is 800. The van der Waals surface area contributed by atoms with Gasteiger partial charge in [0.15, 0.2) is 0 Å². The van der Waals surface area contributed by atoms with E-state index in [1.165, 1.54) is 0 Å². The Balaban J connectivity index is 1.68. The van der Waals surface area contributed by atoms with Crippen molar-refractivity contribution in [2.75, 3.05) is 0 Å². The lowest BCUT2D eigenvalue weighted by molar-refractivity contribution is -0.120. The Kier molecular flexibility index (Phi) is 4.10. The summed E-state index contributed by atoms with van der Waals surface area (Å²) in [5, 5.41) is 2.91. The zero-order valence-corrected chi connectivity index (χ0v) is 12.4. The molecule has 0 aliphatic heterocycles. The van der Waals surface area contributed by atoms with Crippen molar-refractivity contribution in [3.63, 3.8) is 0 Å². The fourth-order valence-corrected chi connectivity index (χ4v) is 2.32. The molecule has 0 spiro atoms. The number of amides is 1. The number of carbonyl (C=O) groups excluding carboxylic acids is 1. The average molecular weight is 291 g/mol. The van der Waals surface area contributed by atoms with Gasteiger partial charge in [0.25, 0.3) is 0 Å². The van der Waals surface area contributed by atoms with Crippen LogP contribution in [0.2, 0.25) is 0 Å². The molecule has 22 heavy (non-hydrogen) atoms. The van der Waals surface area contributed by atoms with Crippen LogP contribution in [-0.2, 0) is 17.8 Å². The van der Waals surface area contributed by atoms with Crippen molar-refractivity contribution in [3.8, 4) is 0 Å². The number of hydrogen-bond acceptors (Lipinski definition) is 3. The predicted octanol–water partition coefficient (Wildman–Crippen LogP) is 2.80. The SMILES string of the molecule is Cc1nc2ccccc2nc1CNC(=O)Cc1ccccc1. The Morgan fingerprint density at radius 3 is 2.32 bits per heavy atom. The van der Waals surface area contributed by atoms with E-state index in [-0.39, 0.29) is 5.91 Å². The summed E-state index contributed by atoms with van der Waals surface area (Å²) in [7, 11) is 0. The number of carbonyl (C=O) groups is 1. The highest BCUT2D eigenvalue weighted by atomic mass is 16.1. The molecule has 0 fully saturated rings. The van der Waals surface area contributed by atoms with Crippen LogP contribution in [0.15, 0.2) is 54.6 Å². The molecule has 0 saturated heterocycles. The highest BCUT2D eigenvalue weighted by molar-refractivity contribution is 5.78. The third-order valence-corrected chi connectivity index (χ3v) is 3.50. The van der Waals surface area contributed by atoms with Crippen LogP contribution in [0, 0.1) is 6.92 Å². The molecule has 0 atom stereocenters. The lowest BCUT2D eigenvalue weighted by Crippen LogP contribution is -2.25. The van der Waals surface area contributed by atoms with Crippen molar-refractivity contribution in [2.45, 2.75) is 19.9 Å². The number of aryl methyl sites for hydroxylation is 1. The van der Waals surface area contributed by atoms with Crippen LogP contribution < -0.4 is 5.32 Å². The molecule has 0 radical (unpaired) electrons. The maximum absolute atomic E-state index is 12.0. The molecular formula is C18H17N3O. The summed E-state index contributed by atoms with van der Waals surface area (Å²) in [5.74, 6) is -0.0134. The van der Waals surface area contributed by atoms with E-state index < -0.39 is 0 Å². The van der Waals surface area contributed by atoms with Crippen molar-refractivity contribution in [3.05, 3.63) is 71.5 Å². The first-order valence-electron chi connectivity index (χ1n) is 7.25. The van der Waals surface area contributed by atoms with Gasteiger partial charge in [-0.25, -0.2) is 9.97 Å². The molecule has 4 heteroatoms. The van der Waals surface area contributed by atoms with E-state index in [4.69, 9.17) is 0 Å². The largest absolute Gasteiger partial charge is 0.350 e. The zero-order chi connectivity index (χ0) is 15.4. The molecule has 0 saturated carbocycles. The number of fused-ring (bicyclic) bond motifs is 1. The highest BCUT2D eigenvalue weighted by Gasteiger charge is 2.07. The number of nitrogens with zero attached hydrogens (tertiary/aromatic N) is 2. The summed E-state index contributed by atoms with van der Waals surface area (Å²) in [5.41, 5.74) is 4.37. The van der Waals surface area contributed by atoms with Gasteiger partial charge in [0.1, 0.15) is 0 Å². The Morgan fingerprint density at radius 2 is 1.59 bits per heavy atom. The Hall–Kier alpha value is -2.75. The predicted molar refractivity (Wildman–Crippen MR) is 86.3 cm³/mol. The normalized spacial score (nSPS) is 10.6. The summed E-state index contributed by atoms with van der Waals surface area (Å²) >= 11 is 0. The van der Waals surface area contributed by atoms with Gasteiger partial charge in [0.2, 0.25) is 5.91 Å². The van der Waals surface area contributed by atoms with E-state index in [2.05, 4.69) is 15.3 Å². The van der Waals surface area contributed by atoms with Gasteiger partial charge in [-0.3, -0.25) is 4.79 Å². The molecule has 3 aromatic rings. The van der Waals surface area contributed by atoms with Gasteiger partial charge in [-0.15, -0.1) is 0 Å². The van der Waals surface area contributed by atoms with Gasteiger partial charge in [-0.2, -0.15) is 0 Å². The summed E-state index contributed by atoms with van der Waals surface area (Å²) in [6.07, 6.45) is 0.376. The maximum Gasteiger partial charge on any atom is 0.224 e. The molecule has 110 valence electrons. The second-order valence-corrected chi connectivity index (χ2v) is 5.18. The lowest BCUT2D eigenvalue weighted by Gasteiger charge is -2.08. The van der Waals surface area contributed by atoms with Crippen molar-refractivity contribution in [2.24, 2.45) is 0 Å². The van der Waals surface area contributed by atoms with Gasteiger partial charge in [0, 0.05) is 0 Å². The standard InChI is InChI=1S/C18H17N3O/c1-13-17(21-16-10-6-5-9-15(16)20-13)12-19-18(22)11-14-7-3-2-4-8-14/h2-10H,11-12H2,1H3,(H,19,22). The van der Waals surface area contributed by atoms with Crippen molar-refractivity contribution in [1.29, 1.82) is 0 Å². The summed E-state index contributed by atoms with van der Waals surface area (Å²) in [6, 6.07) is 17.4. The second kappa shape index (κ2) is 6.35. The topological polar surface area (TPSA) is 54.9 Å². The first-order valence-corrected chi connectivity index (χ1v) is 7.25. The summed E-state index contributed by atoms with van der Waals surface area (Å²) < 4.78 is 0. The third-order valence-electron chi connectivity index (χ3n) is 3.50. The van der Waals surface area contributed by atoms with E-state index in [1.807, 2.05) is 61.5 Å². The van der Waals surface area contributed by atoms with Crippen LogP contribution in [0.3, 0.4) is 0 Å². The van der Waals surface area contributed by atoms with E-state index in [0.717, 1.165) is 28.0 Å². The minimum Gasteiger partial charge on any atom is -0.350 e. The van der Waals surface area contributed by atoms with Crippen LogP contribution in [0.4, 0.5) is 0 Å². The van der Waals surface area contributed by atoms with Crippen LogP contribution in [0.5, 0.6) is 0 Å². The van der Waals surface area contributed by atoms with E-state index in [0.29, 0.717) is 13.0 Å². The van der Waals surface area contributed by atoms with Crippen LogP contribution in [0.1, 0.15) is 17.0 Å². The molecule has 0 unspecified atom stereocenters. The van der Waals surface area contributed by atoms with E-state index in [9.17, 15) is 4.79 Å². The monoisotopic (exact) mass is 291 g/mol. The molecule has 1 amide bonds. The first-order chi connectivity index (χ1) is 10.7. The number of benzene rings is 2. The minimum atomic E-state index is -0.0134. The lowest BCUT2D eigenvalue weighted by atomic mass is 10.1. The Morgan fingerprint density at radius 1 is 0.955 bits per heavy atom. The van der Waals surface area contributed by atoms with Crippen LogP contribution >= 0.6 is 0 Å². The van der Waals surface area contributed by atoms with E-state index in [1.54, 1.807) is 0 Å². The minimum absolute atomic E-state index is 0.0134. The molecule has 3 rings (SSSR count). The van der Waals surface area contributed by atoms with Crippen LogP contribution in [0.25, 0.3) is 11.0 Å². The number of aromatic nitrogens is 2. The summed E-state index contributed by atoms with van der Waals surface area (Å²) in [4.78, 5) is 21.1. The smallest absolute Gasteiger partial charge is 0.224 e. The molecule has 1 N–H and O–H groups in total. The Labute approximate surface area is 129 Å². The fraction of sp³-hybridized carbons (Fsp3) is 0.167. The van der Waals surface area contributed by atoms with Crippen LogP contribution in [-0.4, -0.2) is 15.9 Å². The molecular weight excluding hydrogens is 274 g/mol. The van der Waals surface area contributed by atoms with Gasteiger partial charge >= 0.3 is 0 Å². The molecule has 1 aromatic heterocycles. The molecule has 0 aliphatic carbocycles. The number of hydrogen-bond donors (Lipinski definition) is 1. The van der Waals surface area contributed by atoms with Gasteiger partial charge in [-0.05, 0) is 24.6 Å². The van der Waals surface area contributed by atoms with Gasteiger partial charge in [-0.1, -0.05) is 42.5 Å². The quantitative estimate of drug-likeness (QED) is 0.804. The summed E-state index contributed by atoms with van der Waals surface area (Å²) in [6.45, 7) is 2.31. The number of para-hydroxylation sites is 2.